The number of hydrogen-bond acceptors (Lipinski definition) is 4. The van der Waals surface area contributed by atoms with Gasteiger partial charge < -0.3 is 19.8 Å². The number of benzene rings is 2. The summed E-state index contributed by atoms with van der Waals surface area (Å²) in [6, 6.07) is 15.8. The zero-order valence-corrected chi connectivity index (χ0v) is 15.2. The van der Waals surface area contributed by atoms with Crippen molar-refractivity contribution < 1.29 is 23.1 Å². The van der Waals surface area contributed by atoms with Crippen LogP contribution in [0.1, 0.15) is 21.9 Å². The molecule has 0 unspecified atom stereocenters. The van der Waals surface area contributed by atoms with E-state index in [1.807, 2.05) is 0 Å². The van der Waals surface area contributed by atoms with E-state index in [0.29, 0.717) is 17.2 Å². The molecule has 1 heterocycles. The molecule has 6 nitrogen and oxygen atoms in total. The molecule has 0 bridgehead atoms. The van der Waals surface area contributed by atoms with Crippen molar-refractivity contribution in [3.8, 4) is 5.75 Å². The molecule has 3 aromatic rings. The third-order valence-corrected chi connectivity index (χ3v) is 3.94. The quantitative estimate of drug-likeness (QED) is 0.655. The average molecular weight is 382 g/mol. The fraction of sp³-hybridized carbons (Fsp3) is 0.143. The number of halogens is 1. The molecule has 2 N–H and O–H groups in total. The highest BCUT2D eigenvalue weighted by Gasteiger charge is 2.12. The molecule has 0 saturated heterocycles. The molecule has 144 valence electrons. The van der Waals surface area contributed by atoms with E-state index in [1.54, 1.807) is 43.4 Å². The monoisotopic (exact) mass is 382 g/mol. The van der Waals surface area contributed by atoms with Gasteiger partial charge >= 0.3 is 0 Å². The Labute approximate surface area is 161 Å². The summed E-state index contributed by atoms with van der Waals surface area (Å²) >= 11 is 0. The standard InChI is InChI=1S/C21H19FN2O4/c1-23-20(25)12-14-2-6-16(7-3-14)24-21(26)19-11-10-18(28-19)13-27-17-8-4-15(22)5-9-17/h2-11H,12-13H2,1H3,(H,23,25)(H,24,26). The summed E-state index contributed by atoms with van der Waals surface area (Å²) in [6.45, 7) is 0.118. The van der Waals surface area contributed by atoms with Crippen LogP contribution < -0.4 is 15.4 Å². The van der Waals surface area contributed by atoms with Crippen LogP contribution in [0.25, 0.3) is 0 Å². The normalized spacial score (nSPS) is 10.4. The summed E-state index contributed by atoms with van der Waals surface area (Å²) in [6.07, 6.45) is 0.278. The highest BCUT2D eigenvalue weighted by atomic mass is 19.1. The van der Waals surface area contributed by atoms with Crippen LogP contribution in [0.3, 0.4) is 0 Å². The van der Waals surface area contributed by atoms with Gasteiger partial charge in [-0.25, -0.2) is 4.39 Å². The molecule has 3 rings (SSSR count). The molecule has 0 aliphatic rings. The molecule has 0 aliphatic heterocycles. The Morgan fingerprint density at radius 3 is 2.39 bits per heavy atom. The van der Waals surface area contributed by atoms with E-state index in [2.05, 4.69) is 10.6 Å². The van der Waals surface area contributed by atoms with Crippen molar-refractivity contribution in [2.75, 3.05) is 12.4 Å². The zero-order chi connectivity index (χ0) is 19.9. The van der Waals surface area contributed by atoms with Gasteiger partial charge in [0, 0.05) is 12.7 Å². The van der Waals surface area contributed by atoms with Crippen LogP contribution in [0.2, 0.25) is 0 Å². The first-order valence-electron chi connectivity index (χ1n) is 8.61. The number of furan rings is 1. The van der Waals surface area contributed by atoms with Gasteiger partial charge in [-0.3, -0.25) is 9.59 Å². The second-order valence-corrected chi connectivity index (χ2v) is 6.01. The van der Waals surface area contributed by atoms with Gasteiger partial charge in [0.25, 0.3) is 5.91 Å². The molecular weight excluding hydrogens is 363 g/mol. The number of ether oxygens (including phenoxy) is 1. The molecule has 0 spiro atoms. The minimum absolute atomic E-state index is 0.0808. The molecule has 28 heavy (non-hydrogen) atoms. The Hall–Kier alpha value is -3.61. The van der Waals surface area contributed by atoms with E-state index in [-0.39, 0.29) is 30.5 Å². The minimum Gasteiger partial charge on any atom is -0.486 e. The van der Waals surface area contributed by atoms with E-state index in [0.717, 1.165) is 5.56 Å². The summed E-state index contributed by atoms with van der Waals surface area (Å²) in [5, 5.41) is 5.29. The van der Waals surface area contributed by atoms with Crippen LogP contribution in [-0.4, -0.2) is 18.9 Å². The molecule has 0 fully saturated rings. The second kappa shape index (κ2) is 8.85. The maximum Gasteiger partial charge on any atom is 0.291 e. The van der Waals surface area contributed by atoms with Crippen LogP contribution in [-0.2, 0) is 17.8 Å². The third-order valence-electron chi connectivity index (χ3n) is 3.94. The fourth-order valence-corrected chi connectivity index (χ4v) is 2.44. The summed E-state index contributed by atoms with van der Waals surface area (Å²) in [4.78, 5) is 23.7. The van der Waals surface area contributed by atoms with Gasteiger partial charge in [-0.05, 0) is 54.1 Å². The highest BCUT2D eigenvalue weighted by Crippen LogP contribution is 2.17. The van der Waals surface area contributed by atoms with Gasteiger partial charge in [0.05, 0.1) is 6.42 Å². The molecule has 0 radical (unpaired) electrons. The zero-order valence-electron chi connectivity index (χ0n) is 15.2. The summed E-state index contributed by atoms with van der Waals surface area (Å²) in [7, 11) is 1.58. The van der Waals surface area contributed by atoms with Crippen LogP contribution in [0.5, 0.6) is 5.75 Å². The predicted octanol–water partition coefficient (Wildman–Crippen LogP) is 3.54. The lowest BCUT2D eigenvalue weighted by Gasteiger charge is -2.06. The Bertz CT molecular complexity index is 949. The molecule has 2 amide bonds. The molecule has 0 atom stereocenters. The van der Waals surface area contributed by atoms with E-state index < -0.39 is 5.91 Å². The number of amides is 2. The van der Waals surface area contributed by atoms with Gasteiger partial charge in [0.2, 0.25) is 5.91 Å². The number of carbonyl (C=O) groups excluding carboxylic acids is 2. The average Bonchev–Trinajstić information content (AvgIpc) is 3.18. The highest BCUT2D eigenvalue weighted by molar-refractivity contribution is 6.02. The van der Waals surface area contributed by atoms with Crippen LogP contribution in [0.4, 0.5) is 10.1 Å². The minimum atomic E-state index is -0.396. The second-order valence-electron chi connectivity index (χ2n) is 6.01. The van der Waals surface area contributed by atoms with Crippen LogP contribution in [0.15, 0.2) is 65.1 Å². The van der Waals surface area contributed by atoms with Crippen molar-refractivity contribution in [2.45, 2.75) is 13.0 Å². The summed E-state index contributed by atoms with van der Waals surface area (Å²) in [5.41, 5.74) is 1.43. The summed E-state index contributed by atoms with van der Waals surface area (Å²) < 4.78 is 23.9. The SMILES string of the molecule is CNC(=O)Cc1ccc(NC(=O)c2ccc(COc3ccc(F)cc3)o2)cc1. The number of hydrogen-bond donors (Lipinski definition) is 2. The van der Waals surface area contributed by atoms with Gasteiger partial charge in [0.1, 0.15) is 23.9 Å². The molecule has 7 heteroatoms. The van der Waals surface area contributed by atoms with Gasteiger partial charge in [-0.15, -0.1) is 0 Å². The van der Waals surface area contributed by atoms with Gasteiger partial charge in [-0.1, -0.05) is 12.1 Å². The maximum atomic E-state index is 12.9. The van der Waals surface area contributed by atoms with Crippen molar-refractivity contribution >= 4 is 17.5 Å². The van der Waals surface area contributed by atoms with Crippen molar-refractivity contribution in [1.29, 1.82) is 0 Å². The predicted molar refractivity (Wildman–Crippen MR) is 102 cm³/mol. The van der Waals surface area contributed by atoms with Crippen molar-refractivity contribution in [1.82, 2.24) is 5.32 Å². The topological polar surface area (TPSA) is 80.6 Å². The first kappa shape index (κ1) is 19.2. The number of carbonyl (C=O) groups is 2. The van der Waals surface area contributed by atoms with Crippen LogP contribution in [0, 0.1) is 5.82 Å². The van der Waals surface area contributed by atoms with Crippen molar-refractivity contribution in [3.05, 3.63) is 83.6 Å². The molecule has 1 aromatic heterocycles. The number of nitrogens with one attached hydrogen (secondary N) is 2. The molecule has 2 aromatic carbocycles. The summed E-state index contributed by atoms with van der Waals surface area (Å²) in [5.74, 6) is 0.295. The molecular formula is C21H19FN2O4. The van der Waals surface area contributed by atoms with E-state index in [1.165, 1.54) is 24.3 Å². The van der Waals surface area contributed by atoms with E-state index >= 15 is 0 Å². The Kier molecular flexibility index (Phi) is 6.06. The lowest BCUT2D eigenvalue weighted by Crippen LogP contribution is -2.19. The van der Waals surface area contributed by atoms with Gasteiger partial charge in [0.15, 0.2) is 5.76 Å². The molecule has 0 aliphatic carbocycles. The van der Waals surface area contributed by atoms with E-state index in [4.69, 9.17) is 9.15 Å². The van der Waals surface area contributed by atoms with E-state index in [9.17, 15) is 14.0 Å². The Morgan fingerprint density at radius 2 is 1.71 bits per heavy atom. The van der Waals surface area contributed by atoms with Crippen molar-refractivity contribution in [3.63, 3.8) is 0 Å². The number of likely N-dealkylation sites (N-methyl/N-ethyl adjacent to an activating group) is 1. The lowest BCUT2D eigenvalue weighted by molar-refractivity contribution is -0.119. The third kappa shape index (κ3) is 5.20. The maximum absolute atomic E-state index is 12.9. The smallest absolute Gasteiger partial charge is 0.291 e. The number of rotatable bonds is 7. The van der Waals surface area contributed by atoms with Crippen LogP contribution >= 0.6 is 0 Å². The number of anilines is 1. The first-order chi connectivity index (χ1) is 13.5. The fourth-order valence-electron chi connectivity index (χ4n) is 2.44. The Balaban J connectivity index is 1.55. The first-order valence-corrected chi connectivity index (χ1v) is 8.61. The largest absolute Gasteiger partial charge is 0.486 e. The molecule has 0 saturated carbocycles. The van der Waals surface area contributed by atoms with Crippen molar-refractivity contribution in [2.24, 2.45) is 0 Å². The van der Waals surface area contributed by atoms with Gasteiger partial charge in [-0.2, -0.15) is 0 Å². The Morgan fingerprint density at radius 1 is 1.00 bits per heavy atom. The lowest BCUT2D eigenvalue weighted by atomic mass is 10.1.